The highest BCUT2D eigenvalue weighted by Gasteiger charge is 2.15. The smallest absolute Gasteiger partial charge is 0.226 e. The number of amides is 1. The molecular formula is C23H20ClN5OS2. The number of aryl methyl sites for hydroxylation is 3. The third kappa shape index (κ3) is 3.94. The van der Waals surface area contributed by atoms with Crippen molar-refractivity contribution in [3.8, 4) is 0 Å². The number of hydrogen-bond acceptors (Lipinski definition) is 6. The molecule has 162 valence electrons. The Kier molecular flexibility index (Phi) is 5.53. The molecule has 6 nitrogen and oxygen atoms in total. The molecule has 0 aliphatic heterocycles. The minimum atomic E-state index is -0.0796. The number of halogens is 1. The number of hydrogen-bond donors (Lipinski definition) is 1. The molecule has 0 unspecified atom stereocenters. The molecule has 0 fully saturated rings. The third-order valence-electron chi connectivity index (χ3n) is 5.25. The van der Waals surface area contributed by atoms with E-state index >= 15 is 0 Å². The SMILES string of the molecule is Cc1cc(C)c2c(c1)c(C)cc1nnc(SCCC(=O)Nc3nc4ccc(Cl)cc4s3)n12. The summed E-state index contributed by atoms with van der Waals surface area (Å²) < 4.78 is 3.04. The largest absolute Gasteiger partial charge is 0.302 e. The summed E-state index contributed by atoms with van der Waals surface area (Å²) in [6.45, 7) is 6.32. The van der Waals surface area contributed by atoms with Gasteiger partial charge in [0.2, 0.25) is 5.91 Å². The van der Waals surface area contributed by atoms with Crippen LogP contribution in [0.2, 0.25) is 5.02 Å². The highest BCUT2D eigenvalue weighted by Crippen LogP contribution is 2.30. The summed E-state index contributed by atoms with van der Waals surface area (Å²) in [7, 11) is 0. The quantitative estimate of drug-likeness (QED) is 0.303. The van der Waals surface area contributed by atoms with Crippen LogP contribution in [0.25, 0.3) is 26.8 Å². The Morgan fingerprint density at radius 1 is 1.12 bits per heavy atom. The molecule has 3 heterocycles. The predicted molar refractivity (Wildman–Crippen MR) is 133 cm³/mol. The van der Waals surface area contributed by atoms with Crippen molar-refractivity contribution in [1.82, 2.24) is 19.6 Å². The first-order valence-electron chi connectivity index (χ1n) is 10.1. The molecule has 9 heteroatoms. The summed E-state index contributed by atoms with van der Waals surface area (Å²) >= 11 is 8.98. The average Bonchev–Trinajstić information content (AvgIpc) is 3.31. The van der Waals surface area contributed by atoms with E-state index in [1.807, 2.05) is 12.1 Å². The minimum absolute atomic E-state index is 0.0796. The Labute approximate surface area is 198 Å². The van der Waals surface area contributed by atoms with Crippen LogP contribution in [0.3, 0.4) is 0 Å². The van der Waals surface area contributed by atoms with Gasteiger partial charge in [-0.15, -0.1) is 10.2 Å². The summed E-state index contributed by atoms with van der Waals surface area (Å²) in [4.78, 5) is 16.9. The average molecular weight is 482 g/mol. The molecule has 0 saturated heterocycles. The normalized spacial score (nSPS) is 11.6. The van der Waals surface area contributed by atoms with Gasteiger partial charge in [-0.25, -0.2) is 4.98 Å². The molecule has 0 spiro atoms. The van der Waals surface area contributed by atoms with Crippen molar-refractivity contribution in [2.45, 2.75) is 32.3 Å². The number of pyridine rings is 1. The minimum Gasteiger partial charge on any atom is -0.302 e. The van der Waals surface area contributed by atoms with Crippen molar-refractivity contribution in [3.63, 3.8) is 0 Å². The Hall–Kier alpha value is -2.68. The van der Waals surface area contributed by atoms with E-state index in [4.69, 9.17) is 11.6 Å². The maximum absolute atomic E-state index is 12.5. The van der Waals surface area contributed by atoms with Crippen molar-refractivity contribution < 1.29 is 4.79 Å². The molecule has 0 atom stereocenters. The van der Waals surface area contributed by atoms with E-state index in [1.54, 1.807) is 6.07 Å². The summed E-state index contributed by atoms with van der Waals surface area (Å²) in [5.41, 5.74) is 6.36. The second kappa shape index (κ2) is 8.35. The third-order valence-corrected chi connectivity index (χ3v) is 7.35. The lowest BCUT2D eigenvalue weighted by molar-refractivity contribution is -0.115. The second-order valence-corrected chi connectivity index (χ2v) is 10.3. The van der Waals surface area contributed by atoms with Crippen molar-refractivity contribution in [2.75, 3.05) is 11.1 Å². The number of thioether (sulfide) groups is 1. The highest BCUT2D eigenvalue weighted by molar-refractivity contribution is 7.99. The first-order chi connectivity index (χ1) is 15.4. The van der Waals surface area contributed by atoms with Gasteiger partial charge in [0, 0.05) is 22.6 Å². The molecular weight excluding hydrogens is 462 g/mol. The predicted octanol–water partition coefficient (Wildman–Crippen LogP) is 6.19. The van der Waals surface area contributed by atoms with Crippen LogP contribution in [-0.2, 0) is 4.79 Å². The van der Waals surface area contributed by atoms with Crippen LogP contribution < -0.4 is 5.32 Å². The first-order valence-corrected chi connectivity index (χ1v) is 12.3. The fourth-order valence-corrected chi connectivity index (χ4v) is 5.92. The number of carbonyl (C=O) groups excluding carboxylic acids is 1. The van der Waals surface area contributed by atoms with Crippen LogP contribution in [0.1, 0.15) is 23.1 Å². The topological polar surface area (TPSA) is 72.2 Å². The Morgan fingerprint density at radius 2 is 1.97 bits per heavy atom. The van der Waals surface area contributed by atoms with Gasteiger partial charge in [0.25, 0.3) is 0 Å². The van der Waals surface area contributed by atoms with E-state index < -0.39 is 0 Å². The number of benzene rings is 2. The fraction of sp³-hybridized carbons (Fsp3) is 0.217. The van der Waals surface area contributed by atoms with Crippen molar-refractivity contribution in [2.24, 2.45) is 0 Å². The van der Waals surface area contributed by atoms with Gasteiger partial charge < -0.3 is 5.32 Å². The zero-order chi connectivity index (χ0) is 22.4. The Balaban J connectivity index is 1.33. The van der Waals surface area contributed by atoms with E-state index in [1.165, 1.54) is 45.2 Å². The maximum Gasteiger partial charge on any atom is 0.226 e. The molecule has 0 bridgehead atoms. The number of nitrogens with one attached hydrogen (secondary N) is 1. The van der Waals surface area contributed by atoms with Gasteiger partial charge in [-0.1, -0.05) is 46.3 Å². The van der Waals surface area contributed by atoms with Crippen LogP contribution in [0.15, 0.2) is 41.6 Å². The van der Waals surface area contributed by atoms with E-state index in [0.29, 0.717) is 22.3 Å². The molecule has 2 aromatic carbocycles. The second-order valence-electron chi connectivity index (χ2n) is 7.76. The first kappa shape index (κ1) is 21.2. The summed E-state index contributed by atoms with van der Waals surface area (Å²) in [5.74, 6) is 0.507. The standard InChI is InChI=1S/C23H20ClN5OS2/c1-12-8-14(3)21-16(9-12)13(2)10-19-27-28-23(29(19)21)31-7-6-20(30)26-22-25-17-5-4-15(24)11-18(17)32-22/h4-5,8-11H,6-7H2,1-3H3,(H,25,26,30). The van der Waals surface area contributed by atoms with E-state index in [9.17, 15) is 4.79 Å². The van der Waals surface area contributed by atoms with Crippen molar-refractivity contribution >= 4 is 72.5 Å². The number of thiazole rings is 1. The van der Waals surface area contributed by atoms with Gasteiger partial charge in [0.15, 0.2) is 15.9 Å². The number of fused-ring (bicyclic) bond motifs is 4. The summed E-state index contributed by atoms with van der Waals surface area (Å²) in [5, 5.41) is 14.9. The van der Waals surface area contributed by atoms with Gasteiger partial charge >= 0.3 is 0 Å². The molecule has 1 N–H and O–H groups in total. The van der Waals surface area contributed by atoms with Gasteiger partial charge in [-0.05, 0) is 62.2 Å². The molecule has 3 aromatic heterocycles. The zero-order valence-electron chi connectivity index (χ0n) is 17.8. The van der Waals surface area contributed by atoms with Crippen LogP contribution in [0.5, 0.6) is 0 Å². The zero-order valence-corrected chi connectivity index (χ0v) is 20.2. The van der Waals surface area contributed by atoms with Gasteiger partial charge in [0.1, 0.15) is 0 Å². The molecule has 32 heavy (non-hydrogen) atoms. The van der Waals surface area contributed by atoms with Gasteiger partial charge in [0.05, 0.1) is 15.7 Å². The lowest BCUT2D eigenvalue weighted by atomic mass is 10.0. The lowest BCUT2D eigenvalue weighted by Crippen LogP contribution is -2.12. The van der Waals surface area contributed by atoms with Crippen LogP contribution >= 0.6 is 34.7 Å². The molecule has 0 aliphatic carbocycles. The van der Waals surface area contributed by atoms with Crippen molar-refractivity contribution in [3.05, 3.63) is 58.1 Å². The monoisotopic (exact) mass is 481 g/mol. The number of rotatable bonds is 5. The van der Waals surface area contributed by atoms with Crippen LogP contribution in [-0.4, -0.2) is 31.2 Å². The highest BCUT2D eigenvalue weighted by atomic mass is 35.5. The Bertz CT molecular complexity index is 1510. The van der Waals surface area contributed by atoms with E-state index in [2.05, 4.69) is 63.9 Å². The number of anilines is 1. The maximum atomic E-state index is 12.5. The molecule has 0 radical (unpaired) electrons. The van der Waals surface area contributed by atoms with Gasteiger partial charge in [-0.2, -0.15) is 0 Å². The van der Waals surface area contributed by atoms with E-state index in [-0.39, 0.29) is 5.91 Å². The van der Waals surface area contributed by atoms with Crippen LogP contribution in [0, 0.1) is 20.8 Å². The molecule has 0 saturated carbocycles. The molecule has 0 aliphatic rings. The molecule has 5 rings (SSSR count). The number of nitrogens with zero attached hydrogens (tertiary/aromatic N) is 4. The number of carbonyl (C=O) groups is 1. The van der Waals surface area contributed by atoms with Gasteiger partial charge in [-0.3, -0.25) is 9.20 Å². The van der Waals surface area contributed by atoms with Crippen LogP contribution in [0.4, 0.5) is 5.13 Å². The molecule has 5 aromatic rings. The number of aromatic nitrogens is 4. The summed E-state index contributed by atoms with van der Waals surface area (Å²) in [6.07, 6.45) is 0.345. The lowest BCUT2D eigenvalue weighted by Gasteiger charge is -2.11. The fourth-order valence-electron chi connectivity index (χ4n) is 3.88. The Morgan fingerprint density at radius 3 is 2.81 bits per heavy atom. The van der Waals surface area contributed by atoms with Crippen molar-refractivity contribution in [1.29, 1.82) is 0 Å². The molecule has 1 amide bonds. The summed E-state index contributed by atoms with van der Waals surface area (Å²) in [6, 6.07) is 11.9. The van der Waals surface area contributed by atoms with E-state index in [0.717, 1.165) is 26.5 Å².